The van der Waals surface area contributed by atoms with Crippen molar-refractivity contribution in [2.45, 2.75) is 44.3 Å². The Balaban J connectivity index is 1.67. The topological polar surface area (TPSA) is 99.2 Å². The molecule has 2 saturated heterocycles. The maximum atomic E-state index is 12.7. The van der Waals surface area contributed by atoms with E-state index in [0.29, 0.717) is 0 Å². The van der Waals surface area contributed by atoms with Gasteiger partial charge in [0.2, 0.25) is 17.7 Å². The Morgan fingerprint density at radius 1 is 1.31 bits per heavy atom. The summed E-state index contributed by atoms with van der Waals surface area (Å²) < 4.78 is 41.1. The first-order valence-corrected chi connectivity index (χ1v) is 8.98. The number of aliphatic hydroxyl groups excluding tert-OH is 1. The van der Waals surface area contributed by atoms with Crippen LogP contribution in [-0.4, -0.2) is 65.4 Å². The molecule has 3 amide bonds. The largest absolute Gasteiger partial charge is 0.573 e. The lowest BCUT2D eigenvalue weighted by molar-refractivity contribution is -0.274. The van der Waals surface area contributed by atoms with Crippen LogP contribution in [0.1, 0.15) is 19.8 Å². The molecule has 3 rings (SSSR count). The number of carbonyl (C=O) groups excluding carboxylic acids is 3. The van der Waals surface area contributed by atoms with E-state index in [1.54, 1.807) is 0 Å². The third-order valence-electron chi connectivity index (χ3n) is 4.87. The summed E-state index contributed by atoms with van der Waals surface area (Å²) in [5, 5.41) is 12.3. The van der Waals surface area contributed by atoms with Crippen LogP contribution in [0.2, 0.25) is 0 Å². The average Bonchev–Trinajstić information content (AvgIpc) is 3.17. The van der Waals surface area contributed by atoms with Gasteiger partial charge in [-0.15, -0.1) is 13.2 Å². The van der Waals surface area contributed by atoms with Crippen LogP contribution in [0.5, 0.6) is 5.75 Å². The number of nitrogens with zero attached hydrogens (tertiary/aromatic N) is 2. The molecule has 8 nitrogen and oxygen atoms in total. The molecule has 2 fully saturated rings. The third-order valence-corrected chi connectivity index (χ3v) is 4.87. The van der Waals surface area contributed by atoms with Gasteiger partial charge in [-0.05, 0) is 18.6 Å². The molecule has 3 atom stereocenters. The van der Waals surface area contributed by atoms with Gasteiger partial charge in [0.05, 0.1) is 6.10 Å². The first-order chi connectivity index (χ1) is 13.5. The molecular weight excluding hydrogens is 395 g/mol. The molecule has 1 aromatic carbocycles. The molecule has 11 heteroatoms. The Morgan fingerprint density at radius 2 is 2.03 bits per heavy atom. The van der Waals surface area contributed by atoms with Gasteiger partial charge in [0.25, 0.3) is 0 Å². The van der Waals surface area contributed by atoms with E-state index in [1.165, 1.54) is 28.9 Å². The summed E-state index contributed by atoms with van der Waals surface area (Å²) in [6.07, 6.45) is -5.34. The third kappa shape index (κ3) is 4.78. The molecule has 2 N–H and O–H groups in total. The number of carbonyl (C=O) groups is 3. The van der Waals surface area contributed by atoms with Gasteiger partial charge < -0.3 is 25.0 Å². The number of alkyl halides is 3. The number of ether oxygens (including phenoxy) is 1. The van der Waals surface area contributed by atoms with Crippen LogP contribution in [0.15, 0.2) is 24.3 Å². The Bertz CT molecular complexity index is 816. The molecule has 2 aliphatic heterocycles. The van der Waals surface area contributed by atoms with Crippen molar-refractivity contribution in [2.75, 3.05) is 18.0 Å². The van der Waals surface area contributed by atoms with E-state index in [-0.39, 0.29) is 37.5 Å². The minimum absolute atomic E-state index is 0.0458. The maximum Gasteiger partial charge on any atom is 0.573 e. The fourth-order valence-electron chi connectivity index (χ4n) is 3.60. The molecule has 0 spiro atoms. The van der Waals surface area contributed by atoms with E-state index < -0.39 is 42.1 Å². The van der Waals surface area contributed by atoms with Gasteiger partial charge >= 0.3 is 6.36 Å². The highest BCUT2D eigenvalue weighted by atomic mass is 19.4. The van der Waals surface area contributed by atoms with Crippen LogP contribution in [0.4, 0.5) is 18.9 Å². The Morgan fingerprint density at radius 3 is 2.69 bits per heavy atom. The highest BCUT2D eigenvalue weighted by molar-refractivity contribution is 6.02. The van der Waals surface area contributed by atoms with Crippen molar-refractivity contribution in [3.05, 3.63) is 24.3 Å². The lowest BCUT2D eigenvalue weighted by Crippen LogP contribution is -2.50. The molecule has 1 aromatic rings. The fraction of sp³-hybridized carbons (Fsp3) is 0.500. The number of hydrogen-bond acceptors (Lipinski definition) is 5. The molecule has 0 aromatic heterocycles. The summed E-state index contributed by atoms with van der Waals surface area (Å²) in [6, 6.07) is 3.28. The molecule has 0 unspecified atom stereocenters. The van der Waals surface area contributed by atoms with Gasteiger partial charge in [-0.3, -0.25) is 14.4 Å². The lowest BCUT2D eigenvalue weighted by atomic mass is 10.1. The van der Waals surface area contributed by atoms with Crippen molar-refractivity contribution in [3.63, 3.8) is 0 Å². The highest BCUT2D eigenvalue weighted by Gasteiger charge is 2.41. The molecule has 29 heavy (non-hydrogen) atoms. The minimum atomic E-state index is -4.85. The number of halogens is 3. The molecule has 2 aliphatic rings. The number of amides is 3. The van der Waals surface area contributed by atoms with Gasteiger partial charge in [-0.2, -0.15) is 0 Å². The van der Waals surface area contributed by atoms with Crippen molar-refractivity contribution in [3.8, 4) is 5.75 Å². The van der Waals surface area contributed by atoms with E-state index in [1.807, 2.05) is 0 Å². The number of benzene rings is 1. The van der Waals surface area contributed by atoms with E-state index in [2.05, 4.69) is 10.1 Å². The van der Waals surface area contributed by atoms with Crippen molar-refractivity contribution >= 4 is 23.4 Å². The predicted octanol–water partition coefficient (Wildman–Crippen LogP) is 0.788. The summed E-state index contributed by atoms with van der Waals surface area (Å²) >= 11 is 0. The van der Waals surface area contributed by atoms with Crippen molar-refractivity contribution < 1.29 is 37.4 Å². The predicted molar refractivity (Wildman–Crippen MR) is 93.8 cm³/mol. The van der Waals surface area contributed by atoms with E-state index >= 15 is 0 Å². The summed E-state index contributed by atoms with van der Waals surface area (Å²) in [5.74, 6) is -1.84. The Hall–Kier alpha value is -2.82. The number of nitrogens with one attached hydrogen (secondary N) is 1. The number of anilines is 1. The minimum Gasteiger partial charge on any atom is -0.406 e. The molecule has 2 heterocycles. The number of likely N-dealkylation sites (tertiary alicyclic amines) is 1. The normalized spacial score (nSPS) is 24.7. The summed E-state index contributed by atoms with van der Waals surface area (Å²) in [4.78, 5) is 39.3. The van der Waals surface area contributed by atoms with Gasteiger partial charge in [-0.1, -0.05) is 6.07 Å². The molecule has 0 aliphatic carbocycles. The second-order valence-corrected chi connectivity index (χ2v) is 6.96. The van der Waals surface area contributed by atoms with Gasteiger partial charge in [0, 0.05) is 38.2 Å². The van der Waals surface area contributed by atoms with E-state index in [4.69, 9.17) is 0 Å². The molecule has 0 saturated carbocycles. The van der Waals surface area contributed by atoms with Gasteiger partial charge in [0.1, 0.15) is 17.8 Å². The Kier molecular flexibility index (Phi) is 5.69. The smallest absolute Gasteiger partial charge is 0.406 e. The first kappa shape index (κ1) is 20.9. The van der Waals surface area contributed by atoms with Crippen LogP contribution < -0.4 is 15.0 Å². The molecular formula is C18H20F3N3O5. The zero-order chi connectivity index (χ0) is 21.3. The number of rotatable bonds is 4. The molecule has 0 radical (unpaired) electrons. The Labute approximate surface area is 164 Å². The highest BCUT2D eigenvalue weighted by Crippen LogP contribution is 2.29. The van der Waals surface area contributed by atoms with Gasteiger partial charge in [0.15, 0.2) is 0 Å². The standard InChI is InChI=1S/C18H20F3N3O5/c1-10(25)24-9-12(26)8-15(24)16(27)22-14-5-6-23(17(14)28)11-3-2-4-13(7-11)29-18(19,20)21/h2-4,7,12,14-15,26H,5-6,8-9H2,1H3,(H,22,27)/t12-,14-,15+/m0/s1. The van der Waals surface area contributed by atoms with Crippen LogP contribution >= 0.6 is 0 Å². The van der Waals surface area contributed by atoms with Crippen LogP contribution in [0.3, 0.4) is 0 Å². The fourth-order valence-corrected chi connectivity index (χ4v) is 3.60. The zero-order valence-electron chi connectivity index (χ0n) is 15.5. The SMILES string of the molecule is CC(=O)N1C[C@@H](O)C[C@@H]1C(=O)N[C@H]1CCN(c2cccc(OC(F)(F)F)c2)C1=O. The van der Waals surface area contributed by atoms with E-state index in [9.17, 15) is 32.7 Å². The van der Waals surface area contributed by atoms with Crippen molar-refractivity contribution in [1.82, 2.24) is 10.2 Å². The molecule has 158 valence electrons. The lowest BCUT2D eigenvalue weighted by Gasteiger charge is -2.23. The zero-order valence-corrected chi connectivity index (χ0v) is 15.5. The van der Waals surface area contributed by atoms with Gasteiger partial charge in [-0.25, -0.2) is 0 Å². The van der Waals surface area contributed by atoms with Crippen molar-refractivity contribution in [2.24, 2.45) is 0 Å². The first-order valence-electron chi connectivity index (χ1n) is 8.98. The number of aliphatic hydroxyl groups is 1. The molecule has 0 bridgehead atoms. The average molecular weight is 415 g/mol. The summed E-state index contributed by atoms with van der Waals surface area (Å²) in [6.45, 7) is 1.53. The van der Waals surface area contributed by atoms with Crippen LogP contribution in [-0.2, 0) is 14.4 Å². The van der Waals surface area contributed by atoms with Crippen LogP contribution in [0.25, 0.3) is 0 Å². The quantitative estimate of drug-likeness (QED) is 0.758. The number of hydrogen-bond donors (Lipinski definition) is 2. The summed E-state index contributed by atoms with van der Waals surface area (Å²) in [5.41, 5.74) is 0.218. The van der Waals surface area contributed by atoms with E-state index in [0.717, 1.165) is 12.1 Å². The maximum absolute atomic E-state index is 12.7. The second-order valence-electron chi connectivity index (χ2n) is 6.96. The second kappa shape index (κ2) is 7.90. The van der Waals surface area contributed by atoms with Crippen LogP contribution in [0, 0.1) is 0 Å². The monoisotopic (exact) mass is 415 g/mol. The number of β-amino-alcohol motifs (C(OH)–C–C–N with tert-alkyl or cyclic N) is 1. The van der Waals surface area contributed by atoms with Crippen molar-refractivity contribution in [1.29, 1.82) is 0 Å². The summed E-state index contributed by atoms with van der Waals surface area (Å²) in [7, 11) is 0.